The highest BCUT2D eigenvalue weighted by Gasteiger charge is 2.51. The molecule has 4 rings (SSSR count). The minimum absolute atomic E-state index is 0.0281. The molecule has 3 aliphatic rings. The zero-order chi connectivity index (χ0) is 19.1. The summed E-state index contributed by atoms with van der Waals surface area (Å²) in [4.78, 5) is 28.1. The number of ether oxygens (including phenoxy) is 2. The van der Waals surface area contributed by atoms with Crippen molar-refractivity contribution < 1.29 is 24.2 Å². The Balaban J connectivity index is 1.81. The van der Waals surface area contributed by atoms with Gasteiger partial charge in [0.15, 0.2) is 23.0 Å². The fraction of sp³-hybridized carbons (Fsp3) is 0.524. The van der Waals surface area contributed by atoms with Gasteiger partial charge in [0.2, 0.25) is 0 Å². The van der Waals surface area contributed by atoms with Crippen LogP contribution in [0.15, 0.2) is 29.5 Å². The van der Waals surface area contributed by atoms with Gasteiger partial charge in [-0.25, -0.2) is 0 Å². The second kappa shape index (κ2) is 6.91. The number of nitrogens with zero attached hydrogens (tertiary/aromatic N) is 1. The summed E-state index contributed by atoms with van der Waals surface area (Å²) in [6.07, 6.45) is 4.29. The third kappa shape index (κ3) is 2.78. The molecule has 3 atom stereocenters. The minimum atomic E-state index is -0.489. The number of fused-ring (bicyclic) bond motifs is 1. The Labute approximate surface area is 158 Å². The lowest BCUT2D eigenvalue weighted by atomic mass is 9.77. The summed E-state index contributed by atoms with van der Waals surface area (Å²) < 4.78 is 11.3. The molecule has 1 aromatic carbocycles. The molecule has 144 valence electrons. The monoisotopic (exact) mass is 371 g/mol. The summed E-state index contributed by atoms with van der Waals surface area (Å²) in [6.45, 7) is 2.53. The Morgan fingerprint density at radius 3 is 2.78 bits per heavy atom. The van der Waals surface area contributed by atoms with E-state index in [4.69, 9.17) is 9.47 Å². The van der Waals surface area contributed by atoms with E-state index in [1.165, 1.54) is 7.11 Å². The van der Waals surface area contributed by atoms with Crippen LogP contribution in [0.4, 0.5) is 0 Å². The fourth-order valence-corrected chi connectivity index (χ4v) is 4.57. The van der Waals surface area contributed by atoms with Gasteiger partial charge in [0.25, 0.3) is 5.91 Å². The van der Waals surface area contributed by atoms with E-state index in [9.17, 15) is 14.7 Å². The van der Waals surface area contributed by atoms with E-state index in [2.05, 4.69) is 0 Å². The Morgan fingerprint density at radius 2 is 2.04 bits per heavy atom. The van der Waals surface area contributed by atoms with Crippen molar-refractivity contribution in [3.05, 3.63) is 35.1 Å². The molecule has 0 aromatic heterocycles. The van der Waals surface area contributed by atoms with Crippen LogP contribution < -0.4 is 4.74 Å². The summed E-state index contributed by atoms with van der Waals surface area (Å²) in [7, 11) is 1.48. The maximum Gasteiger partial charge on any atom is 0.290 e. The number of carbonyl (C=O) groups is 2. The maximum absolute atomic E-state index is 13.3. The lowest BCUT2D eigenvalue weighted by Gasteiger charge is -2.35. The van der Waals surface area contributed by atoms with Crippen LogP contribution in [0.5, 0.6) is 11.5 Å². The first-order valence-electron chi connectivity index (χ1n) is 9.69. The molecule has 3 unspecified atom stereocenters. The maximum atomic E-state index is 13.3. The molecule has 0 saturated heterocycles. The lowest BCUT2D eigenvalue weighted by molar-refractivity contribution is -0.135. The van der Waals surface area contributed by atoms with Crippen molar-refractivity contribution in [3.63, 3.8) is 0 Å². The number of amides is 1. The number of benzene rings is 1. The van der Waals surface area contributed by atoms with Gasteiger partial charge in [0, 0.05) is 6.54 Å². The van der Waals surface area contributed by atoms with Gasteiger partial charge in [-0.2, -0.15) is 0 Å². The highest BCUT2D eigenvalue weighted by atomic mass is 16.5. The van der Waals surface area contributed by atoms with Gasteiger partial charge in [0.05, 0.1) is 24.6 Å². The number of phenolic OH excluding ortho intramolecular Hbond substituents is 1. The van der Waals surface area contributed by atoms with Crippen LogP contribution in [0.1, 0.15) is 50.6 Å². The predicted octanol–water partition coefficient (Wildman–Crippen LogP) is 3.11. The fourth-order valence-electron chi connectivity index (χ4n) is 4.57. The Morgan fingerprint density at radius 1 is 1.26 bits per heavy atom. The number of ketones is 1. The first-order valence-corrected chi connectivity index (χ1v) is 9.69. The van der Waals surface area contributed by atoms with Crippen LogP contribution in [-0.4, -0.2) is 41.5 Å². The van der Waals surface area contributed by atoms with E-state index in [-0.39, 0.29) is 35.2 Å². The molecule has 2 heterocycles. The first kappa shape index (κ1) is 17.9. The van der Waals surface area contributed by atoms with Gasteiger partial charge in [-0.3, -0.25) is 9.59 Å². The summed E-state index contributed by atoms with van der Waals surface area (Å²) in [5, 5.41) is 9.93. The third-order valence-corrected chi connectivity index (χ3v) is 5.84. The van der Waals surface area contributed by atoms with Crippen LogP contribution >= 0.6 is 0 Å². The summed E-state index contributed by atoms with van der Waals surface area (Å²) in [5.41, 5.74) is 1.23. The van der Waals surface area contributed by atoms with E-state index in [0.29, 0.717) is 17.9 Å². The highest BCUT2D eigenvalue weighted by molar-refractivity contribution is 6.11. The number of hydrogen-bond donors (Lipinski definition) is 1. The van der Waals surface area contributed by atoms with Gasteiger partial charge in [-0.1, -0.05) is 19.4 Å². The molecule has 6 nitrogen and oxygen atoms in total. The molecule has 0 spiro atoms. The number of phenols is 1. The molecule has 1 saturated carbocycles. The quantitative estimate of drug-likeness (QED) is 0.880. The molecule has 0 radical (unpaired) electrons. The molecular weight excluding hydrogens is 346 g/mol. The zero-order valence-electron chi connectivity index (χ0n) is 15.7. The number of aromatic hydroxyl groups is 1. The smallest absolute Gasteiger partial charge is 0.290 e. The summed E-state index contributed by atoms with van der Waals surface area (Å²) in [5.74, 6) is 0.263. The molecule has 1 aliphatic carbocycles. The Hall–Kier alpha value is -2.50. The van der Waals surface area contributed by atoms with Crippen molar-refractivity contribution in [2.24, 2.45) is 5.92 Å². The standard InChI is InChI=1S/C21H25NO5/c1-3-10-22-18(12-8-9-14(23)16(11-12)26-2)17-19(24)13-6-4-5-7-15(13)27-20(17)21(22)25/h8-9,11,13,15,18,23H,3-7,10H2,1-2H3. The summed E-state index contributed by atoms with van der Waals surface area (Å²) >= 11 is 0. The molecular formula is C21H25NO5. The Bertz CT molecular complexity index is 815. The average molecular weight is 371 g/mol. The van der Waals surface area contributed by atoms with Crippen LogP contribution in [0.2, 0.25) is 0 Å². The molecule has 1 N–H and O–H groups in total. The van der Waals surface area contributed by atoms with Crippen molar-refractivity contribution in [3.8, 4) is 11.5 Å². The molecule has 1 fully saturated rings. The second-order valence-electron chi connectivity index (χ2n) is 7.49. The minimum Gasteiger partial charge on any atom is -0.504 e. The largest absolute Gasteiger partial charge is 0.504 e. The van der Waals surface area contributed by atoms with Gasteiger partial charge in [-0.15, -0.1) is 0 Å². The van der Waals surface area contributed by atoms with E-state index >= 15 is 0 Å². The number of hydrogen-bond acceptors (Lipinski definition) is 5. The zero-order valence-corrected chi connectivity index (χ0v) is 15.7. The Kier molecular flexibility index (Phi) is 4.58. The molecule has 2 aliphatic heterocycles. The van der Waals surface area contributed by atoms with Gasteiger partial charge < -0.3 is 19.5 Å². The van der Waals surface area contributed by atoms with Crippen molar-refractivity contribution in [2.75, 3.05) is 13.7 Å². The average Bonchev–Trinajstić information content (AvgIpc) is 2.95. The normalized spacial score (nSPS) is 27.3. The van der Waals surface area contributed by atoms with Gasteiger partial charge in [0.1, 0.15) is 6.10 Å². The number of Topliss-reactive ketones (excluding diaryl/α,β-unsaturated/α-hetero) is 1. The third-order valence-electron chi connectivity index (χ3n) is 5.84. The number of methoxy groups -OCH3 is 1. The molecule has 27 heavy (non-hydrogen) atoms. The van der Waals surface area contributed by atoms with Crippen molar-refractivity contribution in [1.82, 2.24) is 4.90 Å². The van der Waals surface area contributed by atoms with Crippen molar-refractivity contribution in [2.45, 2.75) is 51.2 Å². The molecule has 1 aromatic rings. The number of rotatable bonds is 4. The van der Waals surface area contributed by atoms with Crippen LogP contribution in [0.3, 0.4) is 0 Å². The second-order valence-corrected chi connectivity index (χ2v) is 7.49. The number of carbonyl (C=O) groups excluding carboxylic acids is 2. The lowest BCUT2D eigenvalue weighted by Crippen LogP contribution is -2.39. The van der Waals surface area contributed by atoms with E-state index in [1.54, 1.807) is 23.1 Å². The van der Waals surface area contributed by atoms with Crippen LogP contribution in [0, 0.1) is 5.92 Å². The van der Waals surface area contributed by atoms with Gasteiger partial charge >= 0.3 is 0 Å². The van der Waals surface area contributed by atoms with Crippen molar-refractivity contribution in [1.29, 1.82) is 0 Å². The van der Waals surface area contributed by atoms with Crippen molar-refractivity contribution >= 4 is 11.7 Å². The SMILES string of the molecule is CCCN1C(=O)C2=C(C(=O)C3CCCCC3O2)C1c1ccc(O)c(OC)c1. The molecule has 1 amide bonds. The molecule has 0 bridgehead atoms. The topological polar surface area (TPSA) is 76.1 Å². The van der Waals surface area contributed by atoms with E-state index < -0.39 is 6.04 Å². The summed E-state index contributed by atoms with van der Waals surface area (Å²) in [6, 6.07) is 4.50. The predicted molar refractivity (Wildman–Crippen MR) is 98.3 cm³/mol. The molecule has 6 heteroatoms. The van der Waals surface area contributed by atoms with E-state index in [0.717, 1.165) is 37.7 Å². The highest BCUT2D eigenvalue weighted by Crippen LogP contribution is 2.47. The van der Waals surface area contributed by atoms with Crippen LogP contribution in [0.25, 0.3) is 0 Å². The van der Waals surface area contributed by atoms with E-state index in [1.807, 2.05) is 6.92 Å². The van der Waals surface area contributed by atoms with Crippen LogP contribution in [-0.2, 0) is 14.3 Å². The first-order chi connectivity index (χ1) is 13.1. The van der Waals surface area contributed by atoms with Gasteiger partial charge in [-0.05, 0) is 43.4 Å².